The third-order valence-electron chi connectivity index (χ3n) is 5.08. The van der Waals surface area contributed by atoms with E-state index in [1.807, 2.05) is 24.3 Å². The minimum atomic E-state index is -1.23. The van der Waals surface area contributed by atoms with Crippen LogP contribution in [0, 0.1) is 0 Å². The molecule has 1 amide bonds. The minimum absolute atomic E-state index is 0.0382. The first-order valence-corrected chi connectivity index (χ1v) is 11.4. The summed E-state index contributed by atoms with van der Waals surface area (Å²) in [7, 11) is 0. The maximum Gasteiger partial charge on any atom is 0.408 e. The molecule has 2 aromatic rings. The van der Waals surface area contributed by atoms with Crippen molar-refractivity contribution >= 4 is 18.0 Å². The highest BCUT2D eigenvalue weighted by Crippen LogP contribution is 2.38. The Hall–Kier alpha value is -3.35. The Bertz CT molecular complexity index is 1080. The molecule has 0 fully saturated rings. The van der Waals surface area contributed by atoms with Crippen molar-refractivity contribution in [3.63, 3.8) is 0 Å². The normalized spacial score (nSPS) is 13.4. The molecule has 182 valence electrons. The zero-order chi connectivity index (χ0) is 25.1. The second kappa shape index (κ2) is 9.87. The van der Waals surface area contributed by atoms with Crippen LogP contribution in [0.5, 0.6) is 0 Å². The van der Waals surface area contributed by atoms with Gasteiger partial charge in [0.25, 0.3) is 0 Å². The molecule has 1 N–H and O–H groups in total. The maximum atomic E-state index is 12.6. The Kier molecular flexibility index (Phi) is 7.34. The lowest BCUT2D eigenvalue weighted by Crippen LogP contribution is -2.46. The number of fused-ring (bicyclic) bond motifs is 3. The predicted octanol–water partition coefficient (Wildman–Crippen LogP) is 4.93. The first-order chi connectivity index (χ1) is 15.8. The van der Waals surface area contributed by atoms with Crippen LogP contribution < -0.4 is 5.32 Å². The second-order valence-electron chi connectivity index (χ2n) is 10.4. The van der Waals surface area contributed by atoms with E-state index in [9.17, 15) is 14.4 Å². The Labute approximate surface area is 200 Å². The van der Waals surface area contributed by atoms with Crippen LogP contribution in [-0.4, -0.2) is 35.3 Å². The van der Waals surface area contributed by atoms with Gasteiger partial charge in [0.05, 0.1) is 6.42 Å². The minimum Gasteiger partial charge on any atom is -0.460 e. The molecular weight excluding hydrogens is 434 g/mol. The number of hydrogen-bond acceptors (Lipinski definition) is 6. The number of esters is 2. The highest BCUT2D eigenvalue weighted by atomic mass is 16.6. The van der Waals surface area contributed by atoms with Crippen molar-refractivity contribution in [1.29, 1.82) is 0 Å². The molecule has 1 aliphatic rings. The van der Waals surface area contributed by atoms with Gasteiger partial charge in [-0.3, -0.25) is 4.79 Å². The number of carbonyl (C=O) groups is 3. The van der Waals surface area contributed by atoms with Gasteiger partial charge in [0.2, 0.25) is 0 Å². The first-order valence-electron chi connectivity index (χ1n) is 11.4. The van der Waals surface area contributed by atoms with Crippen LogP contribution in [0.1, 0.15) is 64.7 Å². The summed E-state index contributed by atoms with van der Waals surface area (Å²) in [6, 6.07) is 12.9. The molecule has 0 saturated carbocycles. The Balaban J connectivity index is 1.67. The van der Waals surface area contributed by atoms with Gasteiger partial charge in [-0.15, -0.1) is 0 Å². The lowest BCUT2D eigenvalue weighted by molar-refractivity contribution is -0.164. The Morgan fingerprint density at radius 1 is 0.882 bits per heavy atom. The summed E-state index contributed by atoms with van der Waals surface area (Å²) >= 11 is 0. The van der Waals surface area contributed by atoms with Crippen molar-refractivity contribution in [3.05, 3.63) is 59.2 Å². The van der Waals surface area contributed by atoms with Crippen molar-refractivity contribution in [2.45, 2.75) is 78.2 Å². The van der Waals surface area contributed by atoms with Crippen molar-refractivity contribution in [2.75, 3.05) is 0 Å². The van der Waals surface area contributed by atoms with Gasteiger partial charge in [-0.1, -0.05) is 42.5 Å². The molecule has 1 unspecified atom stereocenters. The average molecular weight is 468 g/mol. The van der Waals surface area contributed by atoms with Crippen LogP contribution >= 0.6 is 0 Å². The smallest absolute Gasteiger partial charge is 0.408 e. The van der Waals surface area contributed by atoms with Crippen molar-refractivity contribution in [2.24, 2.45) is 0 Å². The molecule has 0 radical (unpaired) electrons. The number of ether oxygens (including phenoxy) is 3. The molecule has 0 aromatic heterocycles. The summed E-state index contributed by atoms with van der Waals surface area (Å²) in [5.41, 5.74) is 4.06. The fraction of sp³-hybridized carbons (Fsp3) is 0.444. The van der Waals surface area contributed by atoms with Gasteiger partial charge in [-0.05, 0) is 75.8 Å². The number of carbonyl (C=O) groups excluding carboxylic acids is 3. The average Bonchev–Trinajstić information content (AvgIpc) is 3.08. The van der Waals surface area contributed by atoms with Crippen LogP contribution in [0.3, 0.4) is 0 Å². The van der Waals surface area contributed by atoms with Crippen LogP contribution in [0.2, 0.25) is 0 Å². The lowest BCUT2D eigenvalue weighted by atomic mass is 10.0. The van der Waals surface area contributed by atoms with E-state index >= 15 is 0 Å². The van der Waals surface area contributed by atoms with E-state index in [0.717, 1.165) is 23.1 Å². The number of nitrogens with one attached hydrogen (secondary N) is 1. The van der Waals surface area contributed by atoms with Crippen LogP contribution in [0.15, 0.2) is 42.5 Å². The molecule has 0 heterocycles. The molecule has 0 spiro atoms. The molecule has 1 atom stereocenters. The van der Waals surface area contributed by atoms with Gasteiger partial charge < -0.3 is 19.5 Å². The van der Waals surface area contributed by atoms with E-state index in [4.69, 9.17) is 14.2 Å². The summed E-state index contributed by atoms with van der Waals surface area (Å²) in [6.07, 6.45) is -0.407. The zero-order valence-corrected chi connectivity index (χ0v) is 20.7. The molecule has 0 bridgehead atoms. The van der Waals surface area contributed by atoms with Gasteiger partial charge in [0.1, 0.15) is 23.9 Å². The standard InChI is InChI=1S/C27H33NO6/c1-26(2,3)33-23(29)15-22(24(30)34-27(4,5)6)28-25(31)32-16-18-11-9-13-20-19-12-8-7-10-17(19)14-21(18)20/h7-13,22H,14-16H2,1-6H3,(H,28,31). The van der Waals surface area contributed by atoms with E-state index in [0.29, 0.717) is 0 Å². The number of rotatable bonds is 6. The van der Waals surface area contributed by atoms with Gasteiger partial charge in [-0.25, -0.2) is 9.59 Å². The highest BCUT2D eigenvalue weighted by Gasteiger charge is 2.31. The molecule has 1 aliphatic carbocycles. The molecule has 0 saturated heterocycles. The quantitative estimate of drug-likeness (QED) is 0.408. The topological polar surface area (TPSA) is 90.9 Å². The molecule has 7 nitrogen and oxygen atoms in total. The molecule has 3 rings (SSSR count). The lowest BCUT2D eigenvalue weighted by Gasteiger charge is -2.25. The van der Waals surface area contributed by atoms with Gasteiger partial charge in [0.15, 0.2) is 0 Å². The SMILES string of the molecule is CC(C)(C)OC(=O)CC(NC(=O)OCc1cccc2c1Cc1ccccc1-2)C(=O)OC(C)(C)C. The molecule has 0 aliphatic heterocycles. The van der Waals surface area contributed by atoms with E-state index in [1.54, 1.807) is 41.5 Å². The van der Waals surface area contributed by atoms with Gasteiger partial charge in [-0.2, -0.15) is 0 Å². The number of hydrogen-bond donors (Lipinski definition) is 1. The fourth-order valence-electron chi connectivity index (χ4n) is 3.80. The third kappa shape index (κ3) is 6.83. The molecule has 34 heavy (non-hydrogen) atoms. The highest BCUT2D eigenvalue weighted by molar-refractivity contribution is 5.86. The first kappa shape index (κ1) is 25.3. The summed E-state index contributed by atoms with van der Waals surface area (Å²) in [5.74, 6) is -1.35. The van der Waals surface area contributed by atoms with E-state index < -0.39 is 35.3 Å². The van der Waals surface area contributed by atoms with Crippen molar-refractivity contribution in [1.82, 2.24) is 5.32 Å². The van der Waals surface area contributed by atoms with E-state index in [2.05, 4.69) is 23.5 Å². The Morgan fingerprint density at radius 3 is 2.21 bits per heavy atom. The molecule has 2 aromatic carbocycles. The summed E-state index contributed by atoms with van der Waals surface area (Å²) in [6.45, 7) is 10.4. The Morgan fingerprint density at radius 2 is 1.53 bits per heavy atom. The monoisotopic (exact) mass is 467 g/mol. The van der Waals surface area contributed by atoms with Crippen molar-refractivity contribution < 1.29 is 28.6 Å². The summed E-state index contributed by atoms with van der Waals surface area (Å²) in [4.78, 5) is 37.6. The largest absolute Gasteiger partial charge is 0.460 e. The second-order valence-corrected chi connectivity index (χ2v) is 10.4. The van der Waals surface area contributed by atoms with Gasteiger partial charge >= 0.3 is 18.0 Å². The number of alkyl carbamates (subject to hydrolysis) is 1. The van der Waals surface area contributed by atoms with E-state index in [-0.39, 0.29) is 13.0 Å². The van der Waals surface area contributed by atoms with Crippen LogP contribution in [-0.2, 0) is 36.8 Å². The predicted molar refractivity (Wildman–Crippen MR) is 128 cm³/mol. The summed E-state index contributed by atoms with van der Waals surface area (Å²) in [5, 5.41) is 2.47. The number of benzene rings is 2. The summed E-state index contributed by atoms with van der Waals surface area (Å²) < 4.78 is 16.1. The molecular formula is C27H33NO6. The van der Waals surface area contributed by atoms with Crippen LogP contribution in [0.4, 0.5) is 4.79 Å². The number of amides is 1. The van der Waals surface area contributed by atoms with Crippen molar-refractivity contribution in [3.8, 4) is 11.1 Å². The van der Waals surface area contributed by atoms with Crippen LogP contribution in [0.25, 0.3) is 11.1 Å². The van der Waals surface area contributed by atoms with Gasteiger partial charge in [0, 0.05) is 0 Å². The third-order valence-corrected chi connectivity index (χ3v) is 5.08. The van der Waals surface area contributed by atoms with E-state index in [1.165, 1.54) is 11.1 Å². The maximum absolute atomic E-state index is 12.6. The fourth-order valence-corrected chi connectivity index (χ4v) is 3.80. The zero-order valence-electron chi connectivity index (χ0n) is 20.7. The molecule has 7 heteroatoms.